The lowest BCUT2D eigenvalue weighted by molar-refractivity contribution is -0.0646. The minimum atomic E-state index is -0.864. The maximum Gasteiger partial charge on any atom is 0.144 e. The summed E-state index contributed by atoms with van der Waals surface area (Å²) in [4.78, 5) is 10.3. The number of nitrogens with zero attached hydrogens (tertiary/aromatic N) is 1. The van der Waals surface area contributed by atoms with Crippen LogP contribution in [0.4, 0.5) is 0 Å². The number of aliphatic hydroxyl groups is 1. The van der Waals surface area contributed by atoms with Gasteiger partial charge in [0.25, 0.3) is 0 Å². The average Bonchev–Trinajstić information content (AvgIpc) is 2.70. The molecule has 0 aliphatic carbocycles. The Morgan fingerprint density at radius 1 is 1.48 bits per heavy atom. The summed E-state index contributed by atoms with van der Waals surface area (Å²) in [5.41, 5.74) is 0.358. The lowest BCUT2D eigenvalue weighted by Gasteiger charge is -2.42. The van der Waals surface area contributed by atoms with E-state index >= 15 is 0 Å². The molecule has 0 amide bonds. The molecular formula is C22H26N2O5. The molecule has 1 heterocycles. The molecule has 0 fully saturated rings. The standard InChI is InChI=1S/C22H26N2O5/c1-4-5-11-28-17(15-27-10-6-9-25)14-24-20-18-12-16(13-23)7-8-19(18)29-22(2,3)21(20)26/h4,6-8,12,15,20-21,24,26H,1,5,10-11,14H2,2-3H3/t20-,21+/m0/s1. The number of hydrogen-bond acceptors (Lipinski definition) is 7. The first-order chi connectivity index (χ1) is 13.9. The van der Waals surface area contributed by atoms with Crippen molar-refractivity contribution in [3.05, 3.63) is 60.1 Å². The van der Waals surface area contributed by atoms with Gasteiger partial charge in [0.2, 0.25) is 0 Å². The summed E-state index contributed by atoms with van der Waals surface area (Å²) in [7, 11) is 0. The van der Waals surface area contributed by atoms with Crippen LogP contribution in [0, 0.1) is 11.3 Å². The van der Waals surface area contributed by atoms with E-state index in [1.807, 2.05) is 0 Å². The average molecular weight is 398 g/mol. The Bertz CT molecular complexity index is 834. The van der Waals surface area contributed by atoms with E-state index in [0.29, 0.717) is 35.7 Å². The van der Waals surface area contributed by atoms with Crippen molar-refractivity contribution in [3.63, 3.8) is 0 Å². The molecule has 7 heteroatoms. The van der Waals surface area contributed by atoms with E-state index in [2.05, 4.69) is 18.0 Å². The summed E-state index contributed by atoms with van der Waals surface area (Å²) in [5, 5.41) is 23.3. The summed E-state index contributed by atoms with van der Waals surface area (Å²) in [6, 6.07) is 6.75. The molecule has 0 bridgehead atoms. The number of rotatable bonds is 10. The lowest BCUT2D eigenvalue weighted by atomic mass is 9.86. The molecule has 154 valence electrons. The van der Waals surface area contributed by atoms with Crippen LogP contribution in [-0.2, 0) is 14.3 Å². The van der Waals surface area contributed by atoms with Crippen LogP contribution in [0.25, 0.3) is 0 Å². The molecule has 2 rings (SSSR count). The van der Waals surface area contributed by atoms with Gasteiger partial charge in [-0.15, -0.1) is 6.58 Å². The molecular weight excluding hydrogens is 372 g/mol. The van der Waals surface area contributed by atoms with E-state index < -0.39 is 17.7 Å². The summed E-state index contributed by atoms with van der Waals surface area (Å²) in [5.74, 6) is 2.76. The Morgan fingerprint density at radius 2 is 2.28 bits per heavy atom. The van der Waals surface area contributed by atoms with E-state index in [4.69, 9.17) is 14.2 Å². The number of nitriles is 1. The maximum absolute atomic E-state index is 10.9. The summed E-state index contributed by atoms with van der Waals surface area (Å²) >= 11 is 0. The Kier molecular flexibility index (Phi) is 8.05. The van der Waals surface area contributed by atoms with Gasteiger partial charge in [0.1, 0.15) is 42.0 Å². The molecule has 0 aromatic heterocycles. The maximum atomic E-state index is 10.9. The van der Waals surface area contributed by atoms with E-state index in [1.54, 1.807) is 44.1 Å². The van der Waals surface area contributed by atoms with Gasteiger partial charge in [-0.2, -0.15) is 5.26 Å². The monoisotopic (exact) mass is 398 g/mol. The van der Waals surface area contributed by atoms with Gasteiger partial charge in [-0.25, -0.2) is 4.79 Å². The second-order valence-corrected chi connectivity index (χ2v) is 7.04. The zero-order valence-corrected chi connectivity index (χ0v) is 16.7. The highest BCUT2D eigenvalue weighted by molar-refractivity contribution is 5.46. The number of fused-ring (bicyclic) bond motifs is 1. The fourth-order valence-electron chi connectivity index (χ4n) is 2.92. The van der Waals surface area contributed by atoms with Gasteiger partial charge in [0.15, 0.2) is 0 Å². The van der Waals surface area contributed by atoms with Crippen molar-refractivity contribution in [1.29, 1.82) is 5.26 Å². The molecule has 1 aliphatic rings. The van der Waals surface area contributed by atoms with Gasteiger partial charge in [0, 0.05) is 11.6 Å². The Balaban J connectivity index is 2.20. The number of carbonyl (C=O) groups excluding carboxylic acids is 1. The second-order valence-electron chi connectivity index (χ2n) is 7.04. The molecule has 2 atom stereocenters. The summed E-state index contributed by atoms with van der Waals surface area (Å²) in [6.07, 6.45) is 4.18. The molecule has 1 aliphatic heterocycles. The third-order valence-electron chi connectivity index (χ3n) is 4.46. The fraction of sp³-hybridized carbons (Fsp3) is 0.409. The molecule has 1 aromatic rings. The second kappa shape index (κ2) is 10.5. The van der Waals surface area contributed by atoms with Crippen LogP contribution in [0.2, 0.25) is 0 Å². The largest absolute Gasteiger partial charge is 0.493 e. The summed E-state index contributed by atoms with van der Waals surface area (Å²) in [6.45, 7) is 8.03. The van der Waals surface area contributed by atoms with Crippen LogP contribution < -0.4 is 10.1 Å². The Labute approximate surface area is 170 Å². The highest BCUT2D eigenvalue weighted by atomic mass is 16.5. The third-order valence-corrected chi connectivity index (χ3v) is 4.46. The smallest absolute Gasteiger partial charge is 0.144 e. The number of hydrogen-bond donors (Lipinski definition) is 2. The van der Waals surface area contributed by atoms with Gasteiger partial charge in [0.05, 0.1) is 30.8 Å². The van der Waals surface area contributed by atoms with E-state index in [-0.39, 0.29) is 13.2 Å². The Hall–Kier alpha value is -3.04. The van der Waals surface area contributed by atoms with Crippen LogP contribution in [0.1, 0.15) is 37.4 Å². The highest BCUT2D eigenvalue weighted by Crippen LogP contribution is 2.40. The Morgan fingerprint density at radius 3 is 2.97 bits per heavy atom. The van der Waals surface area contributed by atoms with Crippen molar-refractivity contribution in [2.75, 3.05) is 19.8 Å². The van der Waals surface area contributed by atoms with Crippen LogP contribution in [0.5, 0.6) is 5.75 Å². The SMILES string of the molecule is C=CCCOC(=COCC=C=O)CN[C@H]1c2cc(C#N)ccc2OC(C)(C)[C@@H]1O. The zero-order chi connectivity index (χ0) is 21.3. The van der Waals surface area contributed by atoms with Crippen molar-refractivity contribution in [3.8, 4) is 11.8 Å². The minimum absolute atomic E-state index is 0.0824. The van der Waals surface area contributed by atoms with E-state index in [1.165, 1.54) is 12.3 Å². The predicted octanol–water partition coefficient (Wildman–Crippen LogP) is 2.56. The van der Waals surface area contributed by atoms with Crippen LogP contribution >= 0.6 is 0 Å². The normalized spacial score (nSPS) is 19.7. The fourth-order valence-corrected chi connectivity index (χ4v) is 2.92. The van der Waals surface area contributed by atoms with Crippen LogP contribution in [0.15, 0.2) is 49.0 Å². The van der Waals surface area contributed by atoms with Crippen molar-refractivity contribution in [1.82, 2.24) is 5.32 Å². The topological polar surface area (TPSA) is 101 Å². The number of ether oxygens (including phenoxy) is 3. The van der Waals surface area contributed by atoms with Crippen molar-refractivity contribution in [2.24, 2.45) is 0 Å². The molecule has 29 heavy (non-hydrogen) atoms. The first-order valence-electron chi connectivity index (χ1n) is 9.31. The van der Waals surface area contributed by atoms with E-state index in [0.717, 1.165) is 0 Å². The van der Waals surface area contributed by atoms with Gasteiger partial charge >= 0.3 is 0 Å². The number of nitrogens with one attached hydrogen (secondary N) is 1. The number of aliphatic hydroxyl groups excluding tert-OH is 1. The van der Waals surface area contributed by atoms with Crippen molar-refractivity contribution < 1.29 is 24.1 Å². The van der Waals surface area contributed by atoms with Gasteiger partial charge in [-0.3, -0.25) is 0 Å². The van der Waals surface area contributed by atoms with Crippen molar-refractivity contribution in [2.45, 2.75) is 38.0 Å². The quantitative estimate of drug-likeness (QED) is 0.270. The molecule has 0 saturated carbocycles. The molecule has 0 unspecified atom stereocenters. The van der Waals surface area contributed by atoms with Crippen molar-refractivity contribution >= 4 is 5.94 Å². The number of benzene rings is 1. The van der Waals surface area contributed by atoms with E-state index in [9.17, 15) is 15.2 Å². The first kappa shape index (κ1) is 22.3. The van der Waals surface area contributed by atoms with Gasteiger partial charge in [-0.05, 0) is 38.5 Å². The molecule has 1 aromatic carbocycles. The predicted molar refractivity (Wildman–Crippen MR) is 108 cm³/mol. The minimum Gasteiger partial charge on any atom is -0.493 e. The third kappa shape index (κ3) is 5.97. The molecule has 0 spiro atoms. The highest BCUT2D eigenvalue weighted by Gasteiger charge is 2.42. The van der Waals surface area contributed by atoms with Gasteiger partial charge < -0.3 is 24.6 Å². The first-order valence-corrected chi connectivity index (χ1v) is 9.31. The van der Waals surface area contributed by atoms with Crippen LogP contribution in [0.3, 0.4) is 0 Å². The molecule has 2 N–H and O–H groups in total. The zero-order valence-electron chi connectivity index (χ0n) is 16.7. The molecule has 0 saturated heterocycles. The lowest BCUT2D eigenvalue weighted by Crippen LogP contribution is -2.52. The summed E-state index contributed by atoms with van der Waals surface area (Å²) < 4.78 is 16.9. The van der Waals surface area contributed by atoms with Gasteiger partial charge in [-0.1, -0.05) is 6.08 Å². The molecule has 0 radical (unpaired) electrons. The molecule has 7 nitrogen and oxygen atoms in total. The van der Waals surface area contributed by atoms with Crippen LogP contribution in [-0.4, -0.2) is 42.5 Å².